The smallest absolute Gasteiger partial charge is 0.200 e. The minimum absolute atomic E-state index is 0.173. The summed E-state index contributed by atoms with van der Waals surface area (Å²) in [6.07, 6.45) is 3.27. The van der Waals surface area contributed by atoms with E-state index in [-0.39, 0.29) is 16.4 Å². The maximum absolute atomic E-state index is 13.0. The molecule has 0 aliphatic carbocycles. The zero-order chi connectivity index (χ0) is 14.3. The Labute approximate surface area is 119 Å². The van der Waals surface area contributed by atoms with Crippen molar-refractivity contribution in [3.8, 4) is 11.1 Å². The molecule has 0 N–H and O–H groups in total. The average molecular weight is 289 g/mol. The van der Waals surface area contributed by atoms with E-state index >= 15 is 0 Å². The summed E-state index contributed by atoms with van der Waals surface area (Å²) in [6, 6.07) is 7.52. The number of fused-ring (bicyclic) bond motifs is 1. The lowest BCUT2D eigenvalue weighted by Crippen LogP contribution is -2.11. The van der Waals surface area contributed by atoms with Crippen molar-refractivity contribution in [2.75, 3.05) is 0 Å². The van der Waals surface area contributed by atoms with Gasteiger partial charge in [0.05, 0.1) is 10.9 Å². The fourth-order valence-electron chi connectivity index (χ4n) is 2.22. The van der Waals surface area contributed by atoms with E-state index in [1.165, 1.54) is 12.1 Å². The van der Waals surface area contributed by atoms with Gasteiger partial charge in [-0.3, -0.25) is 4.79 Å². The van der Waals surface area contributed by atoms with E-state index in [0.717, 1.165) is 0 Å². The number of halogens is 2. The van der Waals surface area contributed by atoms with Gasteiger partial charge in [-0.2, -0.15) is 0 Å². The second kappa shape index (κ2) is 4.72. The van der Waals surface area contributed by atoms with E-state index in [0.29, 0.717) is 22.0 Å². The van der Waals surface area contributed by atoms with Crippen LogP contribution in [-0.2, 0) is 7.05 Å². The van der Waals surface area contributed by atoms with Crippen molar-refractivity contribution < 1.29 is 4.39 Å². The Kier molecular flexibility index (Phi) is 3.03. The average Bonchev–Trinajstić information content (AvgIpc) is 2.44. The highest BCUT2D eigenvalue weighted by molar-refractivity contribution is 6.34. The zero-order valence-corrected chi connectivity index (χ0v) is 11.4. The number of rotatable bonds is 1. The van der Waals surface area contributed by atoms with Crippen molar-refractivity contribution in [2.24, 2.45) is 7.05 Å². The van der Waals surface area contributed by atoms with E-state index in [1.54, 1.807) is 30.6 Å². The lowest BCUT2D eigenvalue weighted by atomic mass is 10.1. The molecule has 2 aromatic heterocycles. The van der Waals surface area contributed by atoms with Crippen LogP contribution in [0.2, 0.25) is 5.15 Å². The summed E-state index contributed by atoms with van der Waals surface area (Å²) in [4.78, 5) is 16.5. The van der Waals surface area contributed by atoms with Crippen LogP contribution in [0.15, 0.2) is 47.5 Å². The number of aryl methyl sites for hydroxylation is 1. The molecule has 5 heteroatoms. The summed E-state index contributed by atoms with van der Waals surface area (Å²) >= 11 is 6.03. The molecule has 0 aliphatic heterocycles. The van der Waals surface area contributed by atoms with E-state index in [4.69, 9.17) is 11.6 Å². The molecule has 0 atom stereocenters. The van der Waals surface area contributed by atoms with E-state index in [2.05, 4.69) is 4.98 Å². The molecule has 3 nitrogen and oxygen atoms in total. The van der Waals surface area contributed by atoms with Gasteiger partial charge >= 0.3 is 0 Å². The fourth-order valence-corrected chi connectivity index (χ4v) is 2.46. The molecule has 100 valence electrons. The molecule has 3 rings (SSSR count). The van der Waals surface area contributed by atoms with Crippen LogP contribution >= 0.6 is 11.6 Å². The third-order valence-electron chi connectivity index (χ3n) is 3.21. The highest BCUT2D eigenvalue weighted by atomic mass is 35.5. The van der Waals surface area contributed by atoms with Gasteiger partial charge in [0.25, 0.3) is 0 Å². The Bertz CT molecular complexity index is 856. The topological polar surface area (TPSA) is 34.9 Å². The number of nitrogens with zero attached hydrogens (tertiary/aromatic N) is 2. The summed E-state index contributed by atoms with van der Waals surface area (Å²) in [5, 5.41) is 0.547. The van der Waals surface area contributed by atoms with Crippen molar-refractivity contribution in [1.82, 2.24) is 9.55 Å². The lowest BCUT2D eigenvalue weighted by molar-refractivity contribution is 0.628. The van der Waals surface area contributed by atoms with Gasteiger partial charge in [0, 0.05) is 25.0 Å². The highest BCUT2D eigenvalue weighted by Gasteiger charge is 2.12. The van der Waals surface area contributed by atoms with Gasteiger partial charge in [0.2, 0.25) is 0 Å². The maximum Gasteiger partial charge on any atom is 0.200 e. The number of pyridine rings is 2. The van der Waals surface area contributed by atoms with Gasteiger partial charge in [-0.25, -0.2) is 9.37 Å². The molecule has 0 bridgehead atoms. The lowest BCUT2D eigenvalue weighted by Gasteiger charge is -2.09. The minimum Gasteiger partial charge on any atom is -0.350 e. The van der Waals surface area contributed by atoms with Crippen LogP contribution in [-0.4, -0.2) is 9.55 Å². The molecule has 0 saturated heterocycles. The standard InChI is InChI=1S/C15H10ClFN2O/c1-19-8-11(9-2-4-10(17)5-3-9)14(20)13-12(19)6-7-18-15(13)16/h2-8H,1H3. The predicted molar refractivity (Wildman–Crippen MR) is 77.4 cm³/mol. The Morgan fingerprint density at radius 3 is 2.60 bits per heavy atom. The van der Waals surface area contributed by atoms with Crippen LogP contribution in [0, 0.1) is 5.82 Å². The van der Waals surface area contributed by atoms with Crippen LogP contribution < -0.4 is 5.43 Å². The van der Waals surface area contributed by atoms with Gasteiger partial charge in [0.15, 0.2) is 5.43 Å². The Morgan fingerprint density at radius 1 is 1.20 bits per heavy atom. The molecule has 0 aliphatic rings. The van der Waals surface area contributed by atoms with Gasteiger partial charge in [-0.05, 0) is 23.8 Å². The van der Waals surface area contributed by atoms with Crippen LogP contribution in [0.25, 0.3) is 22.0 Å². The number of aromatic nitrogens is 2. The van der Waals surface area contributed by atoms with Crippen molar-refractivity contribution in [3.63, 3.8) is 0 Å². The van der Waals surface area contributed by atoms with Crippen LogP contribution in [0.5, 0.6) is 0 Å². The molecular weight excluding hydrogens is 279 g/mol. The molecule has 0 radical (unpaired) electrons. The summed E-state index contributed by atoms with van der Waals surface area (Å²) < 4.78 is 14.8. The summed E-state index contributed by atoms with van der Waals surface area (Å²) in [6.45, 7) is 0. The predicted octanol–water partition coefficient (Wildman–Crippen LogP) is 3.39. The molecule has 0 unspecified atom stereocenters. The second-order valence-electron chi connectivity index (χ2n) is 4.49. The molecule has 2 heterocycles. The molecule has 20 heavy (non-hydrogen) atoms. The number of benzene rings is 1. The SMILES string of the molecule is Cn1cc(-c2ccc(F)cc2)c(=O)c2c(Cl)nccc21. The number of hydrogen-bond donors (Lipinski definition) is 0. The summed E-state index contributed by atoms with van der Waals surface area (Å²) in [5.41, 5.74) is 1.62. The molecule has 1 aromatic carbocycles. The van der Waals surface area contributed by atoms with Gasteiger partial charge in [-0.1, -0.05) is 23.7 Å². The first-order chi connectivity index (χ1) is 9.58. The summed E-state index contributed by atoms with van der Waals surface area (Å²) in [7, 11) is 1.82. The van der Waals surface area contributed by atoms with E-state index in [1.807, 2.05) is 11.6 Å². The van der Waals surface area contributed by atoms with Crippen molar-refractivity contribution >= 4 is 22.5 Å². The quantitative estimate of drug-likeness (QED) is 0.643. The fraction of sp³-hybridized carbons (Fsp3) is 0.0667. The molecule has 0 fully saturated rings. The second-order valence-corrected chi connectivity index (χ2v) is 4.84. The minimum atomic E-state index is -0.342. The first-order valence-corrected chi connectivity index (χ1v) is 6.35. The molecular formula is C15H10ClFN2O. The van der Waals surface area contributed by atoms with Crippen LogP contribution in [0.1, 0.15) is 0 Å². The highest BCUT2D eigenvalue weighted by Crippen LogP contribution is 2.22. The zero-order valence-electron chi connectivity index (χ0n) is 10.6. The third kappa shape index (κ3) is 1.98. The Hall–Kier alpha value is -2.20. The Balaban J connectivity index is 2.38. The van der Waals surface area contributed by atoms with Crippen molar-refractivity contribution in [3.05, 3.63) is 63.9 Å². The van der Waals surface area contributed by atoms with Gasteiger partial charge < -0.3 is 4.57 Å². The summed E-state index contributed by atoms with van der Waals surface area (Å²) in [5.74, 6) is -0.342. The Morgan fingerprint density at radius 2 is 1.90 bits per heavy atom. The molecule has 0 spiro atoms. The van der Waals surface area contributed by atoms with E-state index < -0.39 is 0 Å². The van der Waals surface area contributed by atoms with Crippen molar-refractivity contribution in [1.29, 1.82) is 0 Å². The van der Waals surface area contributed by atoms with Gasteiger partial charge in [-0.15, -0.1) is 0 Å². The monoisotopic (exact) mass is 288 g/mol. The van der Waals surface area contributed by atoms with E-state index in [9.17, 15) is 9.18 Å². The van der Waals surface area contributed by atoms with Crippen molar-refractivity contribution in [2.45, 2.75) is 0 Å². The third-order valence-corrected chi connectivity index (χ3v) is 3.50. The molecule has 0 saturated carbocycles. The first-order valence-electron chi connectivity index (χ1n) is 5.97. The molecule has 0 amide bonds. The number of hydrogen-bond acceptors (Lipinski definition) is 2. The largest absolute Gasteiger partial charge is 0.350 e. The first kappa shape index (κ1) is 12.8. The maximum atomic E-state index is 13.0. The molecule has 3 aromatic rings. The van der Waals surface area contributed by atoms with Crippen LogP contribution in [0.3, 0.4) is 0 Å². The normalized spacial score (nSPS) is 10.9. The van der Waals surface area contributed by atoms with Gasteiger partial charge in [0.1, 0.15) is 11.0 Å². The van der Waals surface area contributed by atoms with Crippen LogP contribution in [0.4, 0.5) is 4.39 Å².